The SMILES string of the molecule is O=C(NNC(=O)c1cccc(Cl)c1)NC12CC3CC(CC(C3)C1)C2. The molecular weight excluding hydrogens is 326 g/mol. The first-order valence-corrected chi connectivity index (χ1v) is 9.03. The van der Waals surface area contributed by atoms with Crippen LogP contribution in [0.25, 0.3) is 0 Å². The summed E-state index contributed by atoms with van der Waals surface area (Å²) in [5, 5.41) is 3.64. The second kappa shape index (κ2) is 5.96. The minimum Gasteiger partial charge on any atom is -0.331 e. The van der Waals surface area contributed by atoms with E-state index in [9.17, 15) is 9.59 Å². The Morgan fingerprint density at radius 2 is 1.62 bits per heavy atom. The lowest BCUT2D eigenvalue weighted by Crippen LogP contribution is -2.62. The van der Waals surface area contributed by atoms with E-state index in [1.807, 2.05) is 0 Å². The van der Waals surface area contributed by atoms with E-state index in [0.29, 0.717) is 10.6 Å². The highest BCUT2D eigenvalue weighted by Gasteiger charge is 2.51. The summed E-state index contributed by atoms with van der Waals surface area (Å²) in [5.41, 5.74) is 5.28. The van der Waals surface area contributed by atoms with Gasteiger partial charge in [0.1, 0.15) is 0 Å². The van der Waals surface area contributed by atoms with Crippen molar-refractivity contribution >= 4 is 23.5 Å². The molecule has 6 heteroatoms. The largest absolute Gasteiger partial charge is 0.333 e. The minimum absolute atomic E-state index is 0.0698. The molecule has 5 nitrogen and oxygen atoms in total. The van der Waals surface area contributed by atoms with Crippen molar-refractivity contribution in [1.82, 2.24) is 16.2 Å². The summed E-state index contributed by atoms with van der Waals surface area (Å²) in [6.07, 6.45) is 7.22. The summed E-state index contributed by atoms with van der Waals surface area (Å²) >= 11 is 5.88. The molecule has 0 unspecified atom stereocenters. The van der Waals surface area contributed by atoms with Crippen molar-refractivity contribution in [3.63, 3.8) is 0 Å². The Balaban J connectivity index is 1.33. The molecule has 3 amide bonds. The summed E-state index contributed by atoms with van der Waals surface area (Å²) in [6.45, 7) is 0. The highest BCUT2D eigenvalue weighted by molar-refractivity contribution is 6.30. The summed E-state index contributed by atoms with van der Waals surface area (Å²) in [7, 11) is 0. The van der Waals surface area contributed by atoms with Gasteiger partial charge in [0.25, 0.3) is 5.91 Å². The smallest absolute Gasteiger partial charge is 0.331 e. The minimum atomic E-state index is -0.377. The molecule has 0 aromatic heterocycles. The molecular formula is C18H22ClN3O2. The first-order chi connectivity index (χ1) is 11.5. The third-order valence-corrected chi connectivity index (χ3v) is 6.03. The number of rotatable bonds is 2. The van der Waals surface area contributed by atoms with Gasteiger partial charge in [-0.2, -0.15) is 0 Å². The molecule has 3 N–H and O–H groups in total. The Morgan fingerprint density at radius 3 is 2.21 bits per heavy atom. The van der Waals surface area contributed by atoms with Gasteiger partial charge in [-0.1, -0.05) is 17.7 Å². The first kappa shape index (κ1) is 15.8. The molecule has 1 aromatic carbocycles. The zero-order valence-corrected chi connectivity index (χ0v) is 14.2. The summed E-state index contributed by atoms with van der Waals surface area (Å²) in [4.78, 5) is 24.3. The van der Waals surface area contributed by atoms with Crippen molar-refractivity contribution in [3.8, 4) is 0 Å². The van der Waals surface area contributed by atoms with Crippen LogP contribution in [0.15, 0.2) is 24.3 Å². The Bertz CT molecular complexity index is 641. The number of carbonyl (C=O) groups excluding carboxylic acids is 2. The van der Waals surface area contributed by atoms with Crippen LogP contribution in [0.4, 0.5) is 4.79 Å². The van der Waals surface area contributed by atoms with Gasteiger partial charge in [-0.3, -0.25) is 10.2 Å². The maximum Gasteiger partial charge on any atom is 0.333 e. The normalized spacial score (nSPS) is 33.1. The molecule has 128 valence electrons. The van der Waals surface area contributed by atoms with Gasteiger partial charge in [0.15, 0.2) is 0 Å². The van der Waals surface area contributed by atoms with Gasteiger partial charge >= 0.3 is 6.03 Å². The van der Waals surface area contributed by atoms with E-state index >= 15 is 0 Å². The van der Waals surface area contributed by atoms with Gasteiger partial charge < -0.3 is 5.32 Å². The first-order valence-electron chi connectivity index (χ1n) is 8.65. The van der Waals surface area contributed by atoms with Gasteiger partial charge in [-0.05, 0) is 74.5 Å². The molecule has 0 saturated heterocycles. The van der Waals surface area contributed by atoms with E-state index in [-0.39, 0.29) is 17.5 Å². The molecule has 5 rings (SSSR count). The van der Waals surface area contributed by atoms with Gasteiger partial charge in [0.05, 0.1) is 0 Å². The number of hydrogen-bond acceptors (Lipinski definition) is 2. The van der Waals surface area contributed by atoms with Crippen LogP contribution in [-0.4, -0.2) is 17.5 Å². The lowest BCUT2D eigenvalue weighted by Gasteiger charge is -2.56. The van der Waals surface area contributed by atoms with Crippen LogP contribution in [0, 0.1) is 17.8 Å². The van der Waals surface area contributed by atoms with Crippen LogP contribution in [-0.2, 0) is 0 Å². The van der Waals surface area contributed by atoms with Crippen LogP contribution in [0.3, 0.4) is 0 Å². The number of nitrogens with one attached hydrogen (secondary N) is 3. The molecule has 0 aliphatic heterocycles. The molecule has 1 aromatic rings. The zero-order valence-electron chi connectivity index (χ0n) is 13.5. The standard InChI is InChI=1S/C18H22ClN3O2/c19-15-3-1-2-14(7-15)16(23)21-22-17(24)20-18-8-11-4-12(9-18)6-13(5-11)10-18/h1-3,7,11-13H,4-6,8-10H2,(H,21,23)(H2,20,22,24). The molecule has 4 fully saturated rings. The number of urea groups is 1. The molecule has 4 aliphatic rings. The van der Waals surface area contributed by atoms with Crippen molar-refractivity contribution in [2.24, 2.45) is 17.8 Å². The maximum absolute atomic E-state index is 12.3. The average Bonchev–Trinajstić information content (AvgIpc) is 2.50. The number of hydrogen-bond donors (Lipinski definition) is 3. The van der Waals surface area contributed by atoms with Crippen LogP contribution in [0.2, 0.25) is 5.02 Å². The van der Waals surface area contributed by atoms with Gasteiger partial charge in [-0.15, -0.1) is 0 Å². The van der Waals surface area contributed by atoms with Crippen molar-refractivity contribution < 1.29 is 9.59 Å². The van der Waals surface area contributed by atoms with E-state index < -0.39 is 0 Å². The maximum atomic E-state index is 12.3. The predicted molar refractivity (Wildman–Crippen MR) is 91.5 cm³/mol. The van der Waals surface area contributed by atoms with Crippen molar-refractivity contribution in [1.29, 1.82) is 0 Å². The van der Waals surface area contributed by atoms with Crippen LogP contribution < -0.4 is 16.2 Å². The Kier molecular flexibility index (Phi) is 3.91. The lowest BCUT2D eigenvalue weighted by atomic mass is 9.53. The molecule has 24 heavy (non-hydrogen) atoms. The fourth-order valence-corrected chi connectivity index (χ4v) is 5.54. The Hall–Kier alpha value is -1.75. The summed E-state index contributed by atoms with van der Waals surface area (Å²) < 4.78 is 0. The second-order valence-corrected chi connectivity index (χ2v) is 8.18. The number of benzene rings is 1. The molecule has 4 aliphatic carbocycles. The van der Waals surface area contributed by atoms with E-state index in [1.165, 1.54) is 19.3 Å². The fourth-order valence-electron chi connectivity index (χ4n) is 5.35. The number of carbonyl (C=O) groups is 2. The van der Waals surface area contributed by atoms with Crippen LogP contribution >= 0.6 is 11.6 Å². The van der Waals surface area contributed by atoms with Crippen LogP contribution in [0.5, 0.6) is 0 Å². The predicted octanol–water partition coefficient (Wildman–Crippen LogP) is 3.25. The lowest BCUT2D eigenvalue weighted by molar-refractivity contribution is -0.0137. The summed E-state index contributed by atoms with van der Waals surface area (Å²) in [5.74, 6) is 1.91. The quantitative estimate of drug-likeness (QED) is 0.719. The van der Waals surface area contributed by atoms with E-state index in [0.717, 1.165) is 37.0 Å². The van der Waals surface area contributed by atoms with Crippen molar-refractivity contribution in [3.05, 3.63) is 34.9 Å². The Morgan fingerprint density at radius 1 is 1.00 bits per heavy atom. The zero-order chi connectivity index (χ0) is 16.7. The van der Waals surface area contributed by atoms with Crippen LogP contribution in [0.1, 0.15) is 48.9 Å². The van der Waals surface area contributed by atoms with E-state index in [2.05, 4.69) is 16.2 Å². The molecule has 0 atom stereocenters. The van der Waals surface area contributed by atoms with Gasteiger partial charge in [0, 0.05) is 16.1 Å². The molecule has 0 radical (unpaired) electrons. The number of halogens is 1. The second-order valence-electron chi connectivity index (χ2n) is 7.74. The average molecular weight is 348 g/mol. The Labute approximate surface area is 146 Å². The fraction of sp³-hybridized carbons (Fsp3) is 0.556. The molecule has 4 saturated carbocycles. The highest BCUT2D eigenvalue weighted by atomic mass is 35.5. The summed E-state index contributed by atoms with van der Waals surface area (Å²) in [6, 6.07) is 6.29. The van der Waals surface area contributed by atoms with Gasteiger partial charge in [-0.25, -0.2) is 10.2 Å². The highest BCUT2D eigenvalue weighted by Crippen LogP contribution is 2.55. The van der Waals surface area contributed by atoms with E-state index in [1.54, 1.807) is 24.3 Å². The molecule has 0 spiro atoms. The number of amides is 3. The monoisotopic (exact) mass is 347 g/mol. The third-order valence-electron chi connectivity index (χ3n) is 5.79. The number of hydrazine groups is 1. The third kappa shape index (κ3) is 3.09. The van der Waals surface area contributed by atoms with Crippen molar-refractivity contribution in [2.45, 2.75) is 44.1 Å². The van der Waals surface area contributed by atoms with Crippen molar-refractivity contribution in [2.75, 3.05) is 0 Å². The van der Waals surface area contributed by atoms with Gasteiger partial charge in [0.2, 0.25) is 0 Å². The molecule has 4 bridgehead atoms. The van der Waals surface area contributed by atoms with E-state index in [4.69, 9.17) is 11.6 Å². The molecule has 0 heterocycles. The topological polar surface area (TPSA) is 70.2 Å².